The van der Waals surface area contributed by atoms with E-state index in [0.717, 1.165) is 5.56 Å². The Morgan fingerprint density at radius 3 is 2.31 bits per heavy atom. The molecule has 4 heteroatoms. The van der Waals surface area contributed by atoms with Gasteiger partial charge in [-0.15, -0.1) is 0 Å². The van der Waals surface area contributed by atoms with E-state index in [2.05, 4.69) is 11.9 Å². The maximum atomic E-state index is 6.01. The number of hydrogen-bond acceptors (Lipinski definition) is 2. The fraction of sp³-hybridized carbons (Fsp3) is 0.500. The molecule has 1 saturated carbocycles. The van der Waals surface area contributed by atoms with Crippen molar-refractivity contribution in [2.75, 3.05) is 13.6 Å². The van der Waals surface area contributed by atoms with Crippen LogP contribution in [0.15, 0.2) is 18.2 Å². The highest BCUT2D eigenvalue weighted by Gasteiger charge is 2.31. The quantitative estimate of drug-likeness (QED) is 0.900. The predicted molar refractivity (Wildman–Crippen MR) is 69.0 cm³/mol. The van der Waals surface area contributed by atoms with Crippen LogP contribution < -0.4 is 5.73 Å². The molecule has 1 atom stereocenters. The van der Waals surface area contributed by atoms with E-state index in [4.69, 9.17) is 28.9 Å². The van der Waals surface area contributed by atoms with Crippen LogP contribution in [0.2, 0.25) is 10.0 Å². The molecule has 2 nitrogen and oxygen atoms in total. The summed E-state index contributed by atoms with van der Waals surface area (Å²) in [6, 6.07) is 6.53. The summed E-state index contributed by atoms with van der Waals surface area (Å²) in [7, 11) is 2.12. The second kappa shape index (κ2) is 4.92. The van der Waals surface area contributed by atoms with Crippen LogP contribution in [0.4, 0.5) is 0 Å². The molecule has 0 amide bonds. The van der Waals surface area contributed by atoms with Crippen molar-refractivity contribution in [2.24, 2.45) is 5.73 Å². The van der Waals surface area contributed by atoms with Gasteiger partial charge in [0.05, 0.1) is 0 Å². The average Bonchev–Trinajstić information content (AvgIpc) is 2.99. The third-order valence-corrected chi connectivity index (χ3v) is 3.54. The van der Waals surface area contributed by atoms with E-state index in [0.29, 0.717) is 22.6 Å². The first kappa shape index (κ1) is 12.2. The minimum Gasteiger partial charge on any atom is -0.329 e. The van der Waals surface area contributed by atoms with E-state index < -0.39 is 0 Å². The second-order valence-corrected chi connectivity index (χ2v) is 5.22. The van der Waals surface area contributed by atoms with Gasteiger partial charge in [-0.2, -0.15) is 0 Å². The summed E-state index contributed by atoms with van der Waals surface area (Å²) >= 11 is 12.0. The number of likely N-dealkylation sites (N-methyl/N-ethyl adjacent to an activating group) is 1. The van der Waals surface area contributed by atoms with Crippen molar-refractivity contribution in [1.82, 2.24) is 4.90 Å². The van der Waals surface area contributed by atoms with Gasteiger partial charge in [0.1, 0.15) is 0 Å². The molecule has 1 unspecified atom stereocenters. The lowest BCUT2D eigenvalue weighted by molar-refractivity contribution is 0.240. The summed E-state index contributed by atoms with van der Waals surface area (Å²) < 4.78 is 0. The highest BCUT2D eigenvalue weighted by atomic mass is 35.5. The van der Waals surface area contributed by atoms with Gasteiger partial charge in [-0.1, -0.05) is 23.2 Å². The van der Waals surface area contributed by atoms with Gasteiger partial charge in [0, 0.05) is 28.7 Å². The molecule has 1 aromatic carbocycles. The summed E-state index contributed by atoms with van der Waals surface area (Å²) in [4.78, 5) is 2.32. The van der Waals surface area contributed by atoms with Crippen LogP contribution in [0.3, 0.4) is 0 Å². The van der Waals surface area contributed by atoms with E-state index in [1.54, 1.807) is 6.07 Å². The summed E-state index contributed by atoms with van der Waals surface area (Å²) in [6.45, 7) is 0.587. The SMILES string of the molecule is CN(C1CC1)C(CN)c1cc(Cl)cc(Cl)c1. The van der Waals surface area contributed by atoms with Crippen LogP contribution in [0.25, 0.3) is 0 Å². The molecular formula is C12H16Cl2N2. The highest BCUT2D eigenvalue weighted by Crippen LogP contribution is 2.34. The second-order valence-electron chi connectivity index (χ2n) is 4.35. The summed E-state index contributed by atoms with van der Waals surface area (Å²) in [5, 5.41) is 1.34. The maximum Gasteiger partial charge on any atom is 0.0471 e. The standard InChI is InChI=1S/C12H16Cl2N2/c1-16(11-2-3-11)12(7-15)8-4-9(13)6-10(14)5-8/h4-6,11-12H,2-3,7,15H2,1H3. The molecule has 2 N–H and O–H groups in total. The molecule has 0 spiro atoms. The molecule has 0 heterocycles. The number of benzene rings is 1. The van der Waals surface area contributed by atoms with E-state index in [-0.39, 0.29) is 6.04 Å². The molecule has 1 aliphatic rings. The molecule has 0 bridgehead atoms. The number of halogens is 2. The summed E-state index contributed by atoms with van der Waals surface area (Å²) in [5.41, 5.74) is 6.95. The molecule has 1 aromatic rings. The zero-order valence-corrected chi connectivity index (χ0v) is 10.8. The Balaban J connectivity index is 2.24. The molecule has 0 radical (unpaired) electrons. The maximum absolute atomic E-state index is 6.01. The molecule has 0 saturated heterocycles. The zero-order valence-electron chi connectivity index (χ0n) is 9.29. The monoisotopic (exact) mass is 258 g/mol. The average molecular weight is 259 g/mol. The first-order valence-corrected chi connectivity index (χ1v) is 6.25. The van der Waals surface area contributed by atoms with E-state index >= 15 is 0 Å². The molecule has 1 fully saturated rings. The van der Waals surface area contributed by atoms with Crippen LogP contribution in [0.1, 0.15) is 24.4 Å². The van der Waals surface area contributed by atoms with Gasteiger partial charge in [-0.25, -0.2) is 0 Å². The third-order valence-electron chi connectivity index (χ3n) is 3.11. The van der Waals surface area contributed by atoms with Crippen molar-refractivity contribution in [1.29, 1.82) is 0 Å². The Kier molecular flexibility index (Phi) is 3.75. The molecular weight excluding hydrogens is 243 g/mol. The highest BCUT2D eigenvalue weighted by molar-refractivity contribution is 6.34. The predicted octanol–water partition coefficient (Wildman–Crippen LogP) is 3.09. The smallest absolute Gasteiger partial charge is 0.0471 e. The van der Waals surface area contributed by atoms with Gasteiger partial charge < -0.3 is 5.73 Å². The number of rotatable bonds is 4. The van der Waals surface area contributed by atoms with Gasteiger partial charge in [0.25, 0.3) is 0 Å². The fourth-order valence-electron chi connectivity index (χ4n) is 2.04. The van der Waals surface area contributed by atoms with Crippen molar-refractivity contribution in [3.8, 4) is 0 Å². The summed E-state index contributed by atoms with van der Waals surface area (Å²) in [6.07, 6.45) is 2.53. The van der Waals surface area contributed by atoms with E-state index in [1.165, 1.54) is 12.8 Å². The van der Waals surface area contributed by atoms with Crippen molar-refractivity contribution in [2.45, 2.75) is 24.9 Å². The lowest BCUT2D eigenvalue weighted by Gasteiger charge is -2.27. The van der Waals surface area contributed by atoms with Crippen LogP contribution in [-0.4, -0.2) is 24.5 Å². The van der Waals surface area contributed by atoms with Crippen LogP contribution >= 0.6 is 23.2 Å². The van der Waals surface area contributed by atoms with Crippen LogP contribution in [-0.2, 0) is 0 Å². The lowest BCUT2D eigenvalue weighted by Crippen LogP contribution is -2.32. The van der Waals surface area contributed by atoms with Crippen molar-refractivity contribution in [3.63, 3.8) is 0 Å². The normalized spacial score (nSPS) is 17.8. The first-order valence-electron chi connectivity index (χ1n) is 5.50. The lowest BCUT2D eigenvalue weighted by atomic mass is 10.1. The van der Waals surface area contributed by atoms with Gasteiger partial charge in [-0.3, -0.25) is 4.90 Å². The van der Waals surface area contributed by atoms with Crippen molar-refractivity contribution >= 4 is 23.2 Å². The Morgan fingerprint density at radius 1 is 1.31 bits per heavy atom. The van der Waals surface area contributed by atoms with E-state index in [1.807, 2.05) is 12.1 Å². The minimum absolute atomic E-state index is 0.212. The molecule has 2 rings (SSSR count). The molecule has 16 heavy (non-hydrogen) atoms. The number of nitrogens with zero attached hydrogens (tertiary/aromatic N) is 1. The van der Waals surface area contributed by atoms with Crippen molar-refractivity contribution < 1.29 is 0 Å². The Hall–Kier alpha value is -0.280. The van der Waals surface area contributed by atoms with Gasteiger partial charge in [-0.05, 0) is 43.7 Å². The van der Waals surface area contributed by atoms with E-state index in [9.17, 15) is 0 Å². The van der Waals surface area contributed by atoms with Gasteiger partial charge in [0.15, 0.2) is 0 Å². The third kappa shape index (κ3) is 2.69. The Labute approximate surface area is 106 Å². The zero-order chi connectivity index (χ0) is 11.7. The van der Waals surface area contributed by atoms with Crippen LogP contribution in [0.5, 0.6) is 0 Å². The molecule has 1 aliphatic carbocycles. The van der Waals surface area contributed by atoms with Gasteiger partial charge in [0.2, 0.25) is 0 Å². The fourth-order valence-corrected chi connectivity index (χ4v) is 2.58. The molecule has 88 valence electrons. The Bertz CT molecular complexity index is 357. The van der Waals surface area contributed by atoms with Crippen LogP contribution in [0, 0.1) is 0 Å². The number of hydrogen-bond donors (Lipinski definition) is 1. The van der Waals surface area contributed by atoms with Gasteiger partial charge >= 0.3 is 0 Å². The largest absolute Gasteiger partial charge is 0.329 e. The first-order chi connectivity index (χ1) is 7.61. The Morgan fingerprint density at radius 2 is 1.88 bits per heavy atom. The molecule has 0 aliphatic heterocycles. The topological polar surface area (TPSA) is 29.3 Å². The minimum atomic E-state index is 0.212. The number of nitrogens with two attached hydrogens (primary N) is 1. The summed E-state index contributed by atoms with van der Waals surface area (Å²) in [5.74, 6) is 0. The molecule has 0 aromatic heterocycles. The van der Waals surface area contributed by atoms with Crippen molar-refractivity contribution in [3.05, 3.63) is 33.8 Å².